The molecule has 0 amide bonds. The number of benzene rings is 3. The van der Waals surface area contributed by atoms with Gasteiger partial charge in [0.15, 0.2) is 0 Å². The molecule has 32 heavy (non-hydrogen) atoms. The van der Waals surface area contributed by atoms with Gasteiger partial charge in [-0.3, -0.25) is 4.57 Å². The van der Waals surface area contributed by atoms with Gasteiger partial charge >= 0.3 is 0 Å². The van der Waals surface area contributed by atoms with Crippen molar-refractivity contribution >= 4 is 21.8 Å². The number of fused-ring (bicyclic) bond motifs is 3. The van der Waals surface area contributed by atoms with E-state index >= 15 is 0 Å². The van der Waals surface area contributed by atoms with Crippen LogP contribution < -0.4 is 4.74 Å². The normalized spacial score (nSPS) is 11.6. The summed E-state index contributed by atoms with van der Waals surface area (Å²) >= 11 is 0. The highest BCUT2D eigenvalue weighted by Crippen LogP contribution is 2.35. The van der Waals surface area contributed by atoms with Crippen LogP contribution in [0, 0.1) is 0 Å². The van der Waals surface area contributed by atoms with Crippen molar-refractivity contribution in [2.45, 2.75) is 0 Å². The van der Waals surface area contributed by atoms with E-state index in [-0.39, 0.29) is 6.04 Å². The molecule has 0 saturated carbocycles. The van der Waals surface area contributed by atoms with Gasteiger partial charge in [-0.1, -0.05) is 54.6 Å². The molecule has 4 heteroatoms. The molecule has 3 aromatic heterocycles. The van der Waals surface area contributed by atoms with E-state index in [1.54, 1.807) is 18.3 Å². The van der Waals surface area contributed by atoms with Crippen molar-refractivity contribution in [3.8, 4) is 28.6 Å². The quantitative estimate of drug-likeness (QED) is 0.311. The van der Waals surface area contributed by atoms with Crippen molar-refractivity contribution in [1.29, 1.82) is 0 Å². The van der Waals surface area contributed by atoms with Crippen molar-refractivity contribution in [2.24, 2.45) is 0 Å². The van der Waals surface area contributed by atoms with Crippen LogP contribution in [0.5, 0.6) is 11.6 Å². The maximum absolute atomic E-state index is 7.99. The Kier molecular flexibility index (Phi) is 4.14. The van der Waals surface area contributed by atoms with Crippen molar-refractivity contribution in [3.05, 3.63) is 115 Å². The summed E-state index contributed by atoms with van der Waals surface area (Å²) in [5, 5.41) is 2.37. The fourth-order valence-corrected chi connectivity index (χ4v) is 4.10. The first-order chi connectivity index (χ1) is 16.3. The third kappa shape index (κ3) is 3.19. The monoisotopic (exact) mass is 414 g/mol. The van der Waals surface area contributed by atoms with E-state index in [1.165, 1.54) is 10.8 Å². The summed E-state index contributed by atoms with van der Waals surface area (Å²) in [6.07, 6.45) is 3.44. The second kappa shape index (κ2) is 7.67. The highest BCUT2D eigenvalue weighted by Gasteiger charge is 2.13. The third-order valence-corrected chi connectivity index (χ3v) is 5.51. The van der Waals surface area contributed by atoms with Crippen molar-refractivity contribution in [2.75, 3.05) is 0 Å². The molecule has 0 aliphatic heterocycles. The summed E-state index contributed by atoms with van der Waals surface area (Å²) in [6.45, 7) is 0. The van der Waals surface area contributed by atoms with Crippen LogP contribution in [0.1, 0.15) is 1.37 Å². The Morgan fingerprint density at radius 3 is 2.38 bits per heavy atom. The summed E-state index contributed by atoms with van der Waals surface area (Å²) in [6, 6.07) is 32.4. The van der Waals surface area contributed by atoms with Gasteiger partial charge in [-0.25, -0.2) is 9.97 Å². The van der Waals surface area contributed by atoms with Crippen LogP contribution in [0.15, 0.2) is 115 Å². The lowest BCUT2D eigenvalue weighted by atomic mass is 10.0. The Morgan fingerprint density at radius 1 is 0.656 bits per heavy atom. The number of para-hydroxylation sites is 1. The van der Waals surface area contributed by atoms with Gasteiger partial charge in [0, 0.05) is 29.2 Å². The second-order valence-electron chi connectivity index (χ2n) is 7.49. The van der Waals surface area contributed by atoms with Crippen LogP contribution in [0.4, 0.5) is 0 Å². The van der Waals surface area contributed by atoms with E-state index in [1.807, 2.05) is 42.6 Å². The molecule has 0 spiro atoms. The van der Waals surface area contributed by atoms with E-state index < -0.39 is 0 Å². The minimum absolute atomic E-state index is 0.254. The molecular weight excluding hydrogens is 394 g/mol. The van der Waals surface area contributed by atoms with Crippen molar-refractivity contribution < 1.29 is 6.11 Å². The number of ether oxygens (including phenoxy) is 1. The van der Waals surface area contributed by atoms with Gasteiger partial charge in [-0.05, 0) is 53.6 Å². The first-order valence-electron chi connectivity index (χ1n) is 10.9. The molecule has 0 saturated heterocycles. The van der Waals surface area contributed by atoms with Gasteiger partial charge in [0.1, 0.15) is 11.6 Å². The molecule has 0 bridgehead atoms. The molecule has 6 rings (SSSR count). The van der Waals surface area contributed by atoms with Gasteiger partial charge in [0.2, 0.25) is 5.88 Å². The summed E-state index contributed by atoms with van der Waals surface area (Å²) in [7, 11) is 0. The summed E-state index contributed by atoms with van der Waals surface area (Å²) in [4.78, 5) is 8.78. The Labute approximate surface area is 186 Å². The van der Waals surface area contributed by atoms with Gasteiger partial charge in [-0.2, -0.15) is 0 Å². The number of hydrogen-bond donors (Lipinski definition) is 0. The Bertz CT molecular complexity index is 1610. The predicted molar refractivity (Wildman–Crippen MR) is 128 cm³/mol. The molecule has 152 valence electrons. The van der Waals surface area contributed by atoms with Crippen LogP contribution >= 0.6 is 0 Å². The summed E-state index contributed by atoms with van der Waals surface area (Å²) < 4.78 is 16.1. The number of aromatic nitrogens is 3. The average molecular weight is 414 g/mol. The third-order valence-electron chi connectivity index (χ3n) is 5.51. The molecule has 0 radical (unpaired) electrons. The predicted octanol–water partition coefficient (Wildman–Crippen LogP) is 7.03. The van der Waals surface area contributed by atoms with Crippen LogP contribution in [-0.4, -0.2) is 14.5 Å². The van der Waals surface area contributed by atoms with Gasteiger partial charge < -0.3 is 4.74 Å². The van der Waals surface area contributed by atoms with Crippen LogP contribution in [-0.2, 0) is 0 Å². The van der Waals surface area contributed by atoms with Crippen molar-refractivity contribution in [1.82, 2.24) is 14.5 Å². The standard InChI is InChI=1S/C28H19N3O/c1-2-11-25-23(10-1)24-15-14-21(19-26(24)31(25)27-12-3-5-16-29-27)20-8-7-9-22(18-20)32-28-13-4-6-17-30-28/h1-19H/i13D. The molecule has 0 aliphatic rings. The zero-order valence-corrected chi connectivity index (χ0v) is 17.1. The lowest BCUT2D eigenvalue weighted by molar-refractivity contribution is 0.463. The zero-order chi connectivity index (χ0) is 22.2. The number of nitrogens with zero attached hydrogens (tertiary/aromatic N) is 3. The zero-order valence-electron chi connectivity index (χ0n) is 18.1. The molecule has 3 heterocycles. The molecular formula is C28H19N3O. The summed E-state index contributed by atoms with van der Waals surface area (Å²) in [5.41, 5.74) is 4.31. The molecule has 0 fully saturated rings. The van der Waals surface area contributed by atoms with E-state index in [4.69, 9.17) is 6.11 Å². The first-order valence-corrected chi connectivity index (χ1v) is 10.4. The molecule has 3 aromatic carbocycles. The maximum atomic E-state index is 7.99. The minimum atomic E-state index is 0.254. The van der Waals surface area contributed by atoms with E-state index in [9.17, 15) is 0 Å². The topological polar surface area (TPSA) is 39.9 Å². The van der Waals surface area contributed by atoms with Crippen LogP contribution in [0.3, 0.4) is 0 Å². The lowest BCUT2D eigenvalue weighted by Gasteiger charge is -2.09. The molecule has 0 unspecified atom stereocenters. The van der Waals surface area contributed by atoms with Gasteiger partial charge in [-0.15, -0.1) is 0 Å². The Hall–Kier alpha value is -4.44. The molecule has 0 N–H and O–H groups in total. The molecule has 4 nitrogen and oxygen atoms in total. The van der Waals surface area contributed by atoms with E-state index in [0.717, 1.165) is 28.0 Å². The Balaban J connectivity index is 1.49. The summed E-state index contributed by atoms with van der Waals surface area (Å²) in [5.74, 6) is 1.82. The maximum Gasteiger partial charge on any atom is 0.219 e. The minimum Gasteiger partial charge on any atom is -0.439 e. The lowest BCUT2D eigenvalue weighted by Crippen LogP contribution is -1.96. The van der Waals surface area contributed by atoms with E-state index in [2.05, 4.69) is 63.1 Å². The second-order valence-corrected chi connectivity index (χ2v) is 7.49. The SMILES string of the molecule is [2H]c1cccnc1Oc1cccc(-c2ccc3c4ccccc4n(-c4ccccn4)c3c2)c1. The van der Waals surface area contributed by atoms with Crippen molar-refractivity contribution in [3.63, 3.8) is 0 Å². The first kappa shape index (κ1) is 17.3. The van der Waals surface area contributed by atoms with Gasteiger partial charge in [0.05, 0.1) is 12.4 Å². The van der Waals surface area contributed by atoms with E-state index in [0.29, 0.717) is 11.6 Å². The Morgan fingerprint density at radius 2 is 1.47 bits per heavy atom. The highest BCUT2D eigenvalue weighted by molar-refractivity contribution is 6.10. The van der Waals surface area contributed by atoms with Crippen LogP contribution in [0.25, 0.3) is 38.8 Å². The number of hydrogen-bond acceptors (Lipinski definition) is 3. The largest absolute Gasteiger partial charge is 0.439 e. The number of rotatable bonds is 4. The molecule has 0 aliphatic carbocycles. The highest BCUT2D eigenvalue weighted by atomic mass is 16.5. The number of pyridine rings is 2. The fourth-order valence-electron chi connectivity index (χ4n) is 4.10. The average Bonchev–Trinajstić information content (AvgIpc) is 3.20. The van der Waals surface area contributed by atoms with Crippen LogP contribution in [0.2, 0.25) is 0 Å². The molecule has 6 aromatic rings. The van der Waals surface area contributed by atoms with Gasteiger partial charge in [0.25, 0.3) is 0 Å². The molecule has 0 atom stereocenters. The smallest absolute Gasteiger partial charge is 0.219 e. The fraction of sp³-hybridized carbons (Fsp3) is 0.